The molecule has 3 N–H and O–H groups in total. The van der Waals surface area contributed by atoms with E-state index < -0.39 is 20.3 Å². The van der Waals surface area contributed by atoms with Crippen molar-refractivity contribution in [2.24, 2.45) is 0 Å². The molecule has 0 aliphatic rings. The first-order valence-electron chi connectivity index (χ1n) is 4.94. The molecule has 18 heavy (non-hydrogen) atoms. The molecule has 0 spiro atoms. The largest absolute Gasteiger partial charge is 0.357 e. The molecule has 0 bridgehead atoms. The van der Waals surface area contributed by atoms with Crippen LogP contribution in [0.5, 0.6) is 0 Å². The van der Waals surface area contributed by atoms with Gasteiger partial charge in [-0.15, -0.1) is 0 Å². The van der Waals surface area contributed by atoms with Crippen LogP contribution < -0.4 is 9.44 Å². The first-order chi connectivity index (χ1) is 8.16. The standard InChI is InChI=1S/C9H14N2O5S2/c1-17(12,13)10-7-6-8-2-4-9(5-3-8)11-18(14,15)16/h2-5,10-11H,6-7H2,1H3,(H,14,15,16). The van der Waals surface area contributed by atoms with Gasteiger partial charge in [0.05, 0.1) is 11.9 Å². The third kappa shape index (κ3) is 6.55. The molecule has 0 amide bonds. The molecule has 0 fully saturated rings. The highest BCUT2D eigenvalue weighted by molar-refractivity contribution is 7.88. The number of anilines is 1. The number of benzene rings is 1. The van der Waals surface area contributed by atoms with E-state index in [9.17, 15) is 16.8 Å². The maximum Gasteiger partial charge on any atom is 0.357 e. The van der Waals surface area contributed by atoms with Crippen molar-refractivity contribution in [1.82, 2.24) is 4.72 Å². The van der Waals surface area contributed by atoms with Gasteiger partial charge in [0.2, 0.25) is 10.0 Å². The summed E-state index contributed by atoms with van der Waals surface area (Å²) in [6, 6.07) is 6.22. The Bertz CT molecular complexity index is 592. The molecule has 0 unspecified atom stereocenters. The third-order valence-corrected chi connectivity index (χ3v) is 3.20. The van der Waals surface area contributed by atoms with E-state index in [2.05, 4.69) is 4.72 Å². The van der Waals surface area contributed by atoms with E-state index >= 15 is 0 Å². The first-order valence-corrected chi connectivity index (χ1v) is 8.28. The molecule has 0 saturated carbocycles. The Morgan fingerprint density at radius 3 is 2.11 bits per heavy atom. The number of nitrogens with one attached hydrogen (secondary N) is 2. The Labute approximate surface area is 106 Å². The zero-order chi connectivity index (χ0) is 13.8. The first kappa shape index (κ1) is 14.9. The van der Waals surface area contributed by atoms with Crippen LogP contribution in [0, 0.1) is 0 Å². The molecule has 0 radical (unpaired) electrons. The van der Waals surface area contributed by atoms with Gasteiger partial charge < -0.3 is 0 Å². The van der Waals surface area contributed by atoms with E-state index in [0.29, 0.717) is 6.42 Å². The van der Waals surface area contributed by atoms with Crippen molar-refractivity contribution in [1.29, 1.82) is 0 Å². The Balaban J connectivity index is 2.56. The molecule has 7 nitrogen and oxygen atoms in total. The van der Waals surface area contributed by atoms with Crippen LogP contribution in [0.4, 0.5) is 5.69 Å². The topological polar surface area (TPSA) is 113 Å². The number of hydrogen-bond donors (Lipinski definition) is 3. The molecular weight excluding hydrogens is 280 g/mol. The zero-order valence-electron chi connectivity index (χ0n) is 9.62. The van der Waals surface area contributed by atoms with Gasteiger partial charge in [-0.25, -0.2) is 13.1 Å². The lowest BCUT2D eigenvalue weighted by Crippen LogP contribution is -2.24. The Morgan fingerprint density at radius 1 is 1.11 bits per heavy atom. The summed E-state index contributed by atoms with van der Waals surface area (Å²) in [5.41, 5.74) is 1.07. The van der Waals surface area contributed by atoms with Gasteiger partial charge in [-0.3, -0.25) is 9.27 Å². The molecule has 1 rings (SSSR count). The van der Waals surface area contributed by atoms with E-state index in [4.69, 9.17) is 4.55 Å². The monoisotopic (exact) mass is 294 g/mol. The summed E-state index contributed by atoms with van der Waals surface area (Å²) in [5.74, 6) is 0. The van der Waals surface area contributed by atoms with Crippen LogP contribution in [0.1, 0.15) is 5.56 Å². The highest BCUT2D eigenvalue weighted by Gasteiger charge is 2.04. The molecule has 0 aromatic heterocycles. The number of rotatable bonds is 6. The molecule has 0 aliphatic carbocycles. The van der Waals surface area contributed by atoms with E-state index in [1.54, 1.807) is 12.1 Å². The quantitative estimate of drug-likeness (QED) is 0.639. The molecule has 1 aromatic carbocycles. The van der Waals surface area contributed by atoms with Crippen molar-refractivity contribution in [3.05, 3.63) is 29.8 Å². The fourth-order valence-corrected chi connectivity index (χ4v) is 2.18. The van der Waals surface area contributed by atoms with E-state index in [0.717, 1.165) is 11.8 Å². The van der Waals surface area contributed by atoms with Gasteiger partial charge in [0.15, 0.2) is 0 Å². The van der Waals surface area contributed by atoms with Crippen LogP contribution in [-0.2, 0) is 26.7 Å². The molecule has 1 aromatic rings. The SMILES string of the molecule is CS(=O)(=O)NCCc1ccc(NS(=O)(=O)O)cc1. The zero-order valence-corrected chi connectivity index (χ0v) is 11.3. The fourth-order valence-electron chi connectivity index (χ4n) is 1.27. The van der Waals surface area contributed by atoms with Crippen LogP contribution >= 0.6 is 0 Å². The summed E-state index contributed by atoms with van der Waals surface area (Å²) in [6.07, 6.45) is 1.56. The Hall–Kier alpha value is -1.16. The normalized spacial score (nSPS) is 12.3. The second kappa shape index (κ2) is 5.65. The van der Waals surface area contributed by atoms with Crippen LogP contribution in [0.25, 0.3) is 0 Å². The van der Waals surface area contributed by atoms with Gasteiger partial charge in [-0.2, -0.15) is 8.42 Å². The van der Waals surface area contributed by atoms with Gasteiger partial charge in [-0.05, 0) is 24.1 Å². The molecule has 0 heterocycles. The van der Waals surface area contributed by atoms with Gasteiger partial charge >= 0.3 is 10.3 Å². The summed E-state index contributed by atoms with van der Waals surface area (Å²) in [4.78, 5) is 0. The van der Waals surface area contributed by atoms with Gasteiger partial charge in [0.1, 0.15) is 0 Å². The lowest BCUT2D eigenvalue weighted by Gasteiger charge is -2.05. The highest BCUT2D eigenvalue weighted by atomic mass is 32.2. The maximum absolute atomic E-state index is 10.8. The average molecular weight is 294 g/mol. The van der Waals surface area contributed by atoms with Crippen LogP contribution in [0.3, 0.4) is 0 Å². The minimum Gasteiger partial charge on any atom is -0.269 e. The lowest BCUT2D eigenvalue weighted by atomic mass is 10.1. The molecule has 102 valence electrons. The molecule has 0 atom stereocenters. The summed E-state index contributed by atoms with van der Waals surface area (Å²) < 4.78 is 55.5. The molecule has 9 heteroatoms. The van der Waals surface area contributed by atoms with Crippen LogP contribution in [0.15, 0.2) is 24.3 Å². The van der Waals surface area contributed by atoms with E-state index in [1.807, 2.05) is 4.72 Å². The maximum atomic E-state index is 10.8. The smallest absolute Gasteiger partial charge is 0.269 e. The second-order valence-corrected chi connectivity index (χ2v) is 6.68. The summed E-state index contributed by atoms with van der Waals surface area (Å²) in [6.45, 7) is 0.268. The average Bonchev–Trinajstić information content (AvgIpc) is 2.16. The fraction of sp³-hybridized carbons (Fsp3) is 0.333. The van der Waals surface area contributed by atoms with Crippen molar-refractivity contribution >= 4 is 26.0 Å². The van der Waals surface area contributed by atoms with Crippen molar-refractivity contribution in [3.63, 3.8) is 0 Å². The predicted molar refractivity (Wildman–Crippen MR) is 68.2 cm³/mol. The summed E-state index contributed by atoms with van der Waals surface area (Å²) >= 11 is 0. The molecular formula is C9H14N2O5S2. The summed E-state index contributed by atoms with van der Waals surface area (Å²) in [7, 11) is -7.47. The van der Waals surface area contributed by atoms with Gasteiger partial charge in [0.25, 0.3) is 0 Å². The van der Waals surface area contributed by atoms with Crippen LogP contribution in [0.2, 0.25) is 0 Å². The second-order valence-electron chi connectivity index (χ2n) is 3.69. The Morgan fingerprint density at radius 2 is 1.67 bits per heavy atom. The summed E-state index contributed by atoms with van der Waals surface area (Å²) in [5, 5.41) is 0. The van der Waals surface area contributed by atoms with Crippen LogP contribution in [-0.4, -0.2) is 34.2 Å². The highest BCUT2D eigenvalue weighted by Crippen LogP contribution is 2.10. The Kier molecular flexibility index (Phi) is 4.68. The number of sulfonamides is 1. The van der Waals surface area contributed by atoms with Crippen molar-refractivity contribution in [2.45, 2.75) is 6.42 Å². The van der Waals surface area contributed by atoms with Crippen molar-refractivity contribution in [2.75, 3.05) is 17.5 Å². The van der Waals surface area contributed by atoms with Gasteiger partial charge in [-0.1, -0.05) is 12.1 Å². The predicted octanol–water partition coefficient (Wildman–Crippen LogP) is -0.00700. The molecule has 0 aliphatic heterocycles. The molecule has 0 saturated heterocycles. The van der Waals surface area contributed by atoms with Crippen molar-refractivity contribution in [3.8, 4) is 0 Å². The minimum absolute atomic E-state index is 0.234. The van der Waals surface area contributed by atoms with Crippen molar-refractivity contribution < 1.29 is 21.4 Å². The van der Waals surface area contributed by atoms with E-state index in [1.165, 1.54) is 12.1 Å². The van der Waals surface area contributed by atoms with Gasteiger partial charge in [0, 0.05) is 6.54 Å². The minimum atomic E-state index is -4.27. The third-order valence-electron chi connectivity index (χ3n) is 1.98. The van der Waals surface area contributed by atoms with E-state index in [-0.39, 0.29) is 12.2 Å². The lowest BCUT2D eigenvalue weighted by molar-refractivity contribution is 0.489. The number of hydrogen-bond acceptors (Lipinski definition) is 4.